The van der Waals surface area contributed by atoms with E-state index in [1.807, 2.05) is 12.1 Å². The average Bonchev–Trinajstić information content (AvgIpc) is 2.49. The molecule has 2 aromatic rings. The molecule has 0 saturated heterocycles. The summed E-state index contributed by atoms with van der Waals surface area (Å²) in [7, 11) is 1.78. The summed E-state index contributed by atoms with van der Waals surface area (Å²) in [5.41, 5.74) is 1.75. The molecule has 1 aliphatic rings. The van der Waals surface area contributed by atoms with Crippen molar-refractivity contribution in [2.45, 2.75) is 31.9 Å². The molecule has 2 N–H and O–H groups in total. The Morgan fingerprint density at radius 1 is 1.32 bits per heavy atom. The smallest absolute Gasteiger partial charge is 0.213 e. The van der Waals surface area contributed by atoms with E-state index in [1.165, 1.54) is 12.7 Å². The van der Waals surface area contributed by atoms with Crippen molar-refractivity contribution < 1.29 is 4.74 Å². The molecule has 3 rings (SSSR count). The molecule has 0 spiro atoms. The molecular formula is C15H18ClN5O. The standard InChI is InChI=1S/C15H18ClN5O/c1-17-13-14(16)20-9-21-15(13)19-8-10-5-6-18-12(7-10)22-11-3-2-4-11/h5-7,9,11,17H,2-4,8H2,1H3,(H,19,20,21). The van der Waals surface area contributed by atoms with Gasteiger partial charge in [-0.15, -0.1) is 0 Å². The maximum absolute atomic E-state index is 6.03. The summed E-state index contributed by atoms with van der Waals surface area (Å²) in [5, 5.41) is 6.64. The Morgan fingerprint density at radius 2 is 2.18 bits per heavy atom. The van der Waals surface area contributed by atoms with Crippen LogP contribution in [0.15, 0.2) is 24.7 Å². The average molecular weight is 320 g/mol. The van der Waals surface area contributed by atoms with Crippen LogP contribution >= 0.6 is 11.6 Å². The highest BCUT2D eigenvalue weighted by Gasteiger charge is 2.19. The third kappa shape index (κ3) is 3.39. The number of nitrogens with zero attached hydrogens (tertiary/aromatic N) is 3. The van der Waals surface area contributed by atoms with Crippen molar-refractivity contribution in [1.29, 1.82) is 0 Å². The lowest BCUT2D eigenvalue weighted by molar-refractivity contribution is 0.114. The summed E-state index contributed by atoms with van der Waals surface area (Å²) in [5.74, 6) is 1.35. The van der Waals surface area contributed by atoms with Gasteiger partial charge in [0.25, 0.3) is 0 Å². The van der Waals surface area contributed by atoms with Crippen molar-refractivity contribution in [3.63, 3.8) is 0 Å². The maximum atomic E-state index is 6.03. The van der Waals surface area contributed by atoms with Crippen LogP contribution in [0.4, 0.5) is 11.5 Å². The fraction of sp³-hybridized carbons (Fsp3) is 0.400. The lowest BCUT2D eigenvalue weighted by Crippen LogP contribution is -2.25. The number of halogens is 1. The van der Waals surface area contributed by atoms with Gasteiger partial charge in [0.2, 0.25) is 5.88 Å². The molecule has 0 aromatic carbocycles. The summed E-state index contributed by atoms with van der Waals surface area (Å²) in [6.45, 7) is 0.603. The van der Waals surface area contributed by atoms with Crippen molar-refractivity contribution in [3.8, 4) is 5.88 Å². The molecule has 1 saturated carbocycles. The molecule has 0 aliphatic heterocycles. The van der Waals surface area contributed by atoms with Gasteiger partial charge in [-0.2, -0.15) is 0 Å². The largest absolute Gasteiger partial charge is 0.474 e. The number of anilines is 2. The van der Waals surface area contributed by atoms with E-state index < -0.39 is 0 Å². The first-order valence-corrected chi connectivity index (χ1v) is 7.68. The highest BCUT2D eigenvalue weighted by atomic mass is 35.5. The Labute approximate surface area is 134 Å². The molecule has 2 aromatic heterocycles. The summed E-state index contributed by atoms with van der Waals surface area (Å²) >= 11 is 6.03. The fourth-order valence-corrected chi connectivity index (χ4v) is 2.42. The van der Waals surface area contributed by atoms with E-state index in [0.29, 0.717) is 35.2 Å². The molecule has 6 nitrogen and oxygen atoms in total. The van der Waals surface area contributed by atoms with Gasteiger partial charge in [0.15, 0.2) is 11.0 Å². The van der Waals surface area contributed by atoms with E-state index in [-0.39, 0.29) is 0 Å². The SMILES string of the molecule is CNc1c(Cl)ncnc1NCc1ccnc(OC2CCC2)c1. The Bertz CT molecular complexity index is 648. The Balaban J connectivity index is 1.66. The van der Waals surface area contributed by atoms with E-state index in [0.717, 1.165) is 18.4 Å². The van der Waals surface area contributed by atoms with E-state index in [4.69, 9.17) is 16.3 Å². The summed E-state index contributed by atoms with van der Waals surface area (Å²) in [6, 6.07) is 3.90. The minimum Gasteiger partial charge on any atom is -0.474 e. The fourth-order valence-electron chi connectivity index (χ4n) is 2.19. The third-order valence-electron chi connectivity index (χ3n) is 3.65. The zero-order valence-electron chi connectivity index (χ0n) is 12.3. The predicted octanol–water partition coefficient (Wildman–Crippen LogP) is 3.11. The third-order valence-corrected chi connectivity index (χ3v) is 3.94. The minimum atomic E-state index is 0.326. The van der Waals surface area contributed by atoms with Gasteiger partial charge >= 0.3 is 0 Å². The first-order valence-electron chi connectivity index (χ1n) is 7.30. The Kier molecular flexibility index (Phi) is 4.58. The first-order chi connectivity index (χ1) is 10.8. The minimum absolute atomic E-state index is 0.326. The van der Waals surface area contributed by atoms with Crippen LogP contribution in [0.1, 0.15) is 24.8 Å². The van der Waals surface area contributed by atoms with Gasteiger partial charge in [-0.05, 0) is 30.9 Å². The van der Waals surface area contributed by atoms with Crippen LogP contribution < -0.4 is 15.4 Å². The molecule has 7 heteroatoms. The molecule has 0 unspecified atom stereocenters. The van der Waals surface area contributed by atoms with E-state index in [1.54, 1.807) is 13.2 Å². The zero-order chi connectivity index (χ0) is 15.4. The summed E-state index contributed by atoms with van der Waals surface area (Å²) < 4.78 is 5.81. The number of nitrogens with one attached hydrogen (secondary N) is 2. The van der Waals surface area contributed by atoms with Crippen LogP contribution in [0, 0.1) is 0 Å². The molecule has 116 valence electrons. The van der Waals surface area contributed by atoms with E-state index in [9.17, 15) is 0 Å². The second-order valence-corrected chi connectivity index (χ2v) is 5.52. The van der Waals surface area contributed by atoms with E-state index >= 15 is 0 Å². The first kappa shape index (κ1) is 14.8. The van der Waals surface area contributed by atoms with Crippen LogP contribution in [-0.4, -0.2) is 28.1 Å². The zero-order valence-corrected chi connectivity index (χ0v) is 13.1. The van der Waals surface area contributed by atoms with Crippen LogP contribution in [0.25, 0.3) is 0 Å². The molecule has 0 atom stereocenters. The monoisotopic (exact) mass is 319 g/mol. The number of hydrogen-bond acceptors (Lipinski definition) is 6. The molecule has 22 heavy (non-hydrogen) atoms. The highest BCUT2D eigenvalue weighted by molar-refractivity contribution is 6.32. The van der Waals surface area contributed by atoms with Gasteiger partial charge in [0, 0.05) is 25.9 Å². The van der Waals surface area contributed by atoms with Crippen LogP contribution in [0.5, 0.6) is 5.88 Å². The Hall–Kier alpha value is -2.08. The van der Waals surface area contributed by atoms with Gasteiger partial charge in [0.1, 0.15) is 18.1 Å². The molecule has 0 bridgehead atoms. The number of aromatic nitrogens is 3. The van der Waals surface area contributed by atoms with Crippen molar-refractivity contribution in [2.75, 3.05) is 17.7 Å². The second kappa shape index (κ2) is 6.79. The van der Waals surface area contributed by atoms with Gasteiger partial charge in [-0.1, -0.05) is 11.6 Å². The van der Waals surface area contributed by atoms with Crippen LogP contribution in [0.3, 0.4) is 0 Å². The van der Waals surface area contributed by atoms with Crippen LogP contribution in [-0.2, 0) is 6.54 Å². The van der Waals surface area contributed by atoms with Crippen molar-refractivity contribution in [3.05, 3.63) is 35.4 Å². The lowest BCUT2D eigenvalue weighted by Gasteiger charge is -2.25. The van der Waals surface area contributed by atoms with Crippen molar-refractivity contribution in [2.24, 2.45) is 0 Å². The number of ether oxygens (including phenoxy) is 1. The lowest BCUT2D eigenvalue weighted by atomic mass is 9.96. The summed E-state index contributed by atoms with van der Waals surface area (Å²) in [6.07, 6.45) is 7.00. The number of rotatable bonds is 6. The predicted molar refractivity (Wildman–Crippen MR) is 86.4 cm³/mol. The van der Waals surface area contributed by atoms with Gasteiger partial charge in [-0.25, -0.2) is 15.0 Å². The molecule has 1 aliphatic carbocycles. The summed E-state index contributed by atoms with van der Waals surface area (Å²) in [4.78, 5) is 12.4. The number of hydrogen-bond donors (Lipinski definition) is 2. The van der Waals surface area contributed by atoms with E-state index in [2.05, 4.69) is 25.6 Å². The molecule has 1 fully saturated rings. The molecule has 0 amide bonds. The molecule has 0 radical (unpaired) electrons. The van der Waals surface area contributed by atoms with Crippen molar-refractivity contribution >= 4 is 23.1 Å². The normalized spacial score (nSPS) is 14.3. The number of pyridine rings is 1. The molecular weight excluding hydrogens is 302 g/mol. The van der Waals surface area contributed by atoms with Crippen LogP contribution in [0.2, 0.25) is 5.15 Å². The highest BCUT2D eigenvalue weighted by Crippen LogP contribution is 2.26. The second-order valence-electron chi connectivity index (χ2n) is 5.16. The van der Waals surface area contributed by atoms with Crippen molar-refractivity contribution in [1.82, 2.24) is 15.0 Å². The topological polar surface area (TPSA) is 72.0 Å². The Morgan fingerprint density at radius 3 is 2.91 bits per heavy atom. The van der Waals surface area contributed by atoms with Gasteiger partial charge in [0.05, 0.1) is 0 Å². The van der Waals surface area contributed by atoms with Gasteiger partial charge < -0.3 is 15.4 Å². The maximum Gasteiger partial charge on any atom is 0.213 e. The van der Waals surface area contributed by atoms with Gasteiger partial charge in [-0.3, -0.25) is 0 Å². The quantitative estimate of drug-likeness (QED) is 0.797. The molecule has 2 heterocycles.